The highest BCUT2D eigenvalue weighted by Gasteiger charge is 2.27. The van der Waals surface area contributed by atoms with Gasteiger partial charge >= 0.3 is 0 Å². The molecule has 0 unspecified atom stereocenters. The van der Waals surface area contributed by atoms with E-state index in [4.69, 9.17) is 11.6 Å². The van der Waals surface area contributed by atoms with Gasteiger partial charge in [-0.1, -0.05) is 35.9 Å². The fourth-order valence-electron chi connectivity index (χ4n) is 3.32. The van der Waals surface area contributed by atoms with E-state index >= 15 is 0 Å². The summed E-state index contributed by atoms with van der Waals surface area (Å²) in [4.78, 5) is 16.8. The van der Waals surface area contributed by atoms with Gasteiger partial charge in [0.25, 0.3) is 0 Å². The van der Waals surface area contributed by atoms with Crippen molar-refractivity contribution in [2.45, 2.75) is 6.92 Å². The molecular weight excluding hydrogens is 398 g/mol. The zero-order valence-electron chi connectivity index (χ0n) is 16.0. The fraction of sp³-hybridized carbons (Fsp3) is 0.350. The van der Waals surface area contributed by atoms with Gasteiger partial charge in [0.2, 0.25) is 15.9 Å². The molecule has 0 aromatic heterocycles. The summed E-state index contributed by atoms with van der Waals surface area (Å²) < 4.78 is 25.8. The summed E-state index contributed by atoms with van der Waals surface area (Å²) in [6, 6.07) is 15.1. The summed E-state index contributed by atoms with van der Waals surface area (Å²) in [5, 5.41) is 0.468. The first kappa shape index (κ1) is 20.5. The zero-order valence-corrected chi connectivity index (χ0v) is 17.6. The molecule has 1 heterocycles. The van der Waals surface area contributed by atoms with Crippen molar-refractivity contribution >= 4 is 38.9 Å². The highest BCUT2D eigenvalue weighted by atomic mass is 35.5. The molecule has 2 aromatic carbocycles. The Morgan fingerprint density at radius 1 is 1.04 bits per heavy atom. The molecule has 1 amide bonds. The number of piperazine rings is 1. The highest BCUT2D eigenvalue weighted by molar-refractivity contribution is 7.92. The predicted molar refractivity (Wildman–Crippen MR) is 114 cm³/mol. The standard InChI is InChI=1S/C20H24ClN3O3S/c1-16-18(21)9-6-10-19(16)24(28(2,26)27)15-20(25)23-13-11-22(12-14-23)17-7-4-3-5-8-17/h3-10H,11-15H2,1-2H3. The van der Waals surface area contributed by atoms with Crippen LogP contribution >= 0.6 is 11.6 Å². The van der Waals surface area contributed by atoms with Crippen molar-refractivity contribution in [3.8, 4) is 0 Å². The number of benzene rings is 2. The molecule has 0 saturated carbocycles. The topological polar surface area (TPSA) is 60.9 Å². The molecule has 1 aliphatic heterocycles. The largest absolute Gasteiger partial charge is 0.368 e. The van der Waals surface area contributed by atoms with Crippen LogP contribution in [0.1, 0.15) is 5.56 Å². The summed E-state index contributed by atoms with van der Waals surface area (Å²) in [6.45, 7) is 4.06. The third-order valence-electron chi connectivity index (χ3n) is 4.94. The third-order valence-corrected chi connectivity index (χ3v) is 6.48. The highest BCUT2D eigenvalue weighted by Crippen LogP contribution is 2.28. The molecule has 28 heavy (non-hydrogen) atoms. The van der Waals surface area contributed by atoms with E-state index < -0.39 is 10.0 Å². The quantitative estimate of drug-likeness (QED) is 0.744. The second-order valence-corrected chi connectivity index (χ2v) is 9.17. The summed E-state index contributed by atoms with van der Waals surface area (Å²) in [7, 11) is -3.63. The predicted octanol–water partition coefficient (Wildman–Crippen LogP) is 2.76. The molecule has 0 radical (unpaired) electrons. The van der Waals surface area contributed by atoms with E-state index in [2.05, 4.69) is 4.90 Å². The Bertz CT molecular complexity index is 942. The van der Waals surface area contributed by atoms with Gasteiger partial charge in [-0.2, -0.15) is 0 Å². The molecule has 8 heteroatoms. The molecule has 0 aliphatic carbocycles. The van der Waals surface area contributed by atoms with E-state index in [1.165, 1.54) is 0 Å². The van der Waals surface area contributed by atoms with Crippen LogP contribution < -0.4 is 9.21 Å². The van der Waals surface area contributed by atoms with E-state index in [0.29, 0.717) is 42.5 Å². The molecule has 3 rings (SSSR count). The number of para-hydroxylation sites is 1. The molecule has 0 bridgehead atoms. The maximum absolute atomic E-state index is 12.8. The zero-order chi connectivity index (χ0) is 20.3. The minimum Gasteiger partial charge on any atom is -0.368 e. The van der Waals surface area contributed by atoms with Crippen molar-refractivity contribution < 1.29 is 13.2 Å². The number of hydrogen-bond acceptors (Lipinski definition) is 4. The van der Waals surface area contributed by atoms with E-state index in [1.54, 1.807) is 30.0 Å². The normalized spacial score (nSPS) is 14.8. The van der Waals surface area contributed by atoms with Crippen LogP contribution in [0.3, 0.4) is 0 Å². The number of nitrogens with zero attached hydrogens (tertiary/aromatic N) is 3. The van der Waals surface area contributed by atoms with E-state index in [1.807, 2.05) is 30.3 Å². The third kappa shape index (κ3) is 4.59. The van der Waals surface area contributed by atoms with Crippen molar-refractivity contribution in [2.75, 3.05) is 48.2 Å². The van der Waals surface area contributed by atoms with Gasteiger partial charge < -0.3 is 9.80 Å². The molecule has 0 N–H and O–H groups in total. The van der Waals surface area contributed by atoms with Crippen LogP contribution in [0, 0.1) is 6.92 Å². The smallest absolute Gasteiger partial charge is 0.243 e. The van der Waals surface area contributed by atoms with Gasteiger partial charge in [-0.05, 0) is 36.8 Å². The van der Waals surface area contributed by atoms with Crippen LogP contribution in [0.4, 0.5) is 11.4 Å². The molecule has 0 atom stereocenters. The number of hydrogen-bond donors (Lipinski definition) is 0. The van der Waals surface area contributed by atoms with Crippen molar-refractivity contribution in [1.29, 1.82) is 0 Å². The minimum atomic E-state index is -3.63. The van der Waals surface area contributed by atoms with E-state index in [0.717, 1.165) is 16.2 Å². The lowest BCUT2D eigenvalue weighted by atomic mass is 10.2. The van der Waals surface area contributed by atoms with Crippen LogP contribution in [-0.4, -0.2) is 58.2 Å². The fourth-order valence-corrected chi connectivity index (χ4v) is 4.39. The van der Waals surface area contributed by atoms with Gasteiger partial charge in [0, 0.05) is 36.9 Å². The Balaban J connectivity index is 1.71. The maximum atomic E-state index is 12.8. The van der Waals surface area contributed by atoms with Crippen LogP contribution in [0.2, 0.25) is 5.02 Å². The van der Waals surface area contributed by atoms with Gasteiger partial charge in [0.1, 0.15) is 6.54 Å². The molecule has 6 nitrogen and oxygen atoms in total. The number of carbonyl (C=O) groups is 1. The monoisotopic (exact) mass is 421 g/mol. The van der Waals surface area contributed by atoms with Gasteiger partial charge in [0.15, 0.2) is 0 Å². The first-order valence-corrected chi connectivity index (χ1v) is 11.3. The van der Waals surface area contributed by atoms with Crippen molar-refractivity contribution in [3.63, 3.8) is 0 Å². The number of sulfonamides is 1. The molecule has 2 aromatic rings. The van der Waals surface area contributed by atoms with Gasteiger partial charge in [0.05, 0.1) is 11.9 Å². The SMILES string of the molecule is Cc1c(Cl)cccc1N(CC(=O)N1CCN(c2ccccc2)CC1)S(C)(=O)=O. The maximum Gasteiger partial charge on any atom is 0.243 e. The van der Waals surface area contributed by atoms with Crippen LogP contribution in [0.15, 0.2) is 48.5 Å². The lowest BCUT2D eigenvalue weighted by molar-refractivity contribution is -0.129. The minimum absolute atomic E-state index is 0.211. The second kappa shape index (κ2) is 8.41. The Kier molecular flexibility index (Phi) is 6.15. The van der Waals surface area contributed by atoms with Crippen molar-refractivity contribution in [2.24, 2.45) is 0 Å². The van der Waals surface area contributed by atoms with Gasteiger partial charge in [-0.15, -0.1) is 0 Å². The summed E-state index contributed by atoms with van der Waals surface area (Å²) in [6.07, 6.45) is 1.11. The summed E-state index contributed by atoms with van der Waals surface area (Å²) >= 11 is 6.15. The lowest BCUT2D eigenvalue weighted by Gasteiger charge is -2.37. The number of amides is 1. The number of carbonyl (C=O) groups excluding carboxylic acids is 1. The Labute approximate surface area is 171 Å². The van der Waals surface area contributed by atoms with Gasteiger partial charge in [-0.3, -0.25) is 9.10 Å². The first-order valence-electron chi connectivity index (χ1n) is 9.08. The Hall–Kier alpha value is -2.25. The van der Waals surface area contributed by atoms with Crippen molar-refractivity contribution in [1.82, 2.24) is 4.90 Å². The van der Waals surface area contributed by atoms with Crippen LogP contribution in [0.5, 0.6) is 0 Å². The molecule has 1 aliphatic rings. The molecular formula is C20H24ClN3O3S. The first-order chi connectivity index (χ1) is 13.3. The van der Waals surface area contributed by atoms with E-state index in [9.17, 15) is 13.2 Å². The van der Waals surface area contributed by atoms with Crippen LogP contribution in [-0.2, 0) is 14.8 Å². The number of rotatable bonds is 5. The molecule has 1 fully saturated rings. The second-order valence-electron chi connectivity index (χ2n) is 6.86. The average Bonchev–Trinajstić information content (AvgIpc) is 2.68. The Morgan fingerprint density at radius 3 is 2.29 bits per heavy atom. The summed E-state index contributed by atoms with van der Waals surface area (Å²) in [5.41, 5.74) is 2.20. The lowest BCUT2D eigenvalue weighted by Crippen LogP contribution is -2.52. The summed E-state index contributed by atoms with van der Waals surface area (Å²) in [5.74, 6) is -0.211. The van der Waals surface area contributed by atoms with Crippen LogP contribution in [0.25, 0.3) is 0 Å². The number of halogens is 1. The Morgan fingerprint density at radius 2 is 1.68 bits per heavy atom. The molecule has 0 spiro atoms. The van der Waals surface area contributed by atoms with Crippen molar-refractivity contribution in [3.05, 3.63) is 59.1 Å². The molecule has 1 saturated heterocycles. The van der Waals surface area contributed by atoms with E-state index in [-0.39, 0.29) is 12.5 Å². The average molecular weight is 422 g/mol. The number of anilines is 2. The van der Waals surface area contributed by atoms with Gasteiger partial charge in [-0.25, -0.2) is 8.42 Å². The molecule has 150 valence electrons.